The van der Waals surface area contributed by atoms with Crippen molar-refractivity contribution in [1.29, 1.82) is 0 Å². The van der Waals surface area contributed by atoms with E-state index in [2.05, 4.69) is 37.1 Å². The number of carbonyl (C=O) groups excluding carboxylic acids is 2. The van der Waals surface area contributed by atoms with Gasteiger partial charge >= 0.3 is 12.1 Å². The summed E-state index contributed by atoms with van der Waals surface area (Å²) < 4.78 is 0. The zero-order valence-corrected chi connectivity index (χ0v) is 18.2. The highest BCUT2D eigenvalue weighted by Gasteiger charge is 2.69. The SMILES string of the molecule is CCCCC(C)CN1C(=O)N(C(=O)NC[C@@H]2CCCN2CC)C2=CC=CC3CC231. The lowest BCUT2D eigenvalue weighted by Crippen LogP contribution is -2.47. The molecule has 29 heavy (non-hydrogen) atoms. The molecule has 4 atom stereocenters. The maximum atomic E-state index is 13.4. The Kier molecular flexibility index (Phi) is 5.74. The molecule has 160 valence electrons. The topological polar surface area (TPSA) is 55.9 Å². The van der Waals surface area contributed by atoms with E-state index in [-0.39, 0.29) is 17.6 Å². The molecule has 1 spiro atoms. The smallest absolute Gasteiger partial charge is 0.333 e. The summed E-state index contributed by atoms with van der Waals surface area (Å²) in [5.41, 5.74) is 0.612. The molecule has 4 rings (SSSR count). The first-order valence-electron chi connectivity index (χ1n) is 11.6. The molecule has 2 aliphatic carbocycles. The van der Waals surface area contributed by atoms with Gasteiger partial charge in [0.2, 0.25) is 0 Å². The van der Waals surface area contributed by atoms with Gasteiger partial charge in [-0.05, 0) is 50.8 Å². The molecule has 4 aliphatic rings. The largest absolute Gasteiger partial charge is 0.336 e. The molecule has 0 bridgehead atoms. The van der Waals surface area contributed by atoms with E-state index in [1.165, 1.54) is 24.2 Å². The minimum absolute atomic E-state index is 0.137. The minimum Gasteiger partial charge on any atom is -0.336 e. The summed E-state index contributed by atoms with van der Waals surface area (Å²) >= 11 is 0. The Morgan fingerprint density at radius 1 is 1.38 bits per heavy atom. The van der Waals surface area contributed by atoms with Gasteiger partial charge in [0.15, 0.2) is 0 Å². The second-order valence-corrected chi connectivity index (χ2v) is 9.26. The van der Waals surface area contributed by atoms with Gasteiger partial charge < -0.3 is 10.2 Å². The molecule has 3 fully saturated rings. The first-order valence-corrected chi connectivity index (χ1v) is 11.6. The van der Waals surface area contributed by atoms with Gasteiger partial charge in [-0.1, -0.05) is 45.8 Å². The molecule has 6 heteroatoms. The number of imide groups is 1. The van der Waals surface area contributed by atoms with Crippen LogP contribution < -0.4 is 5.32 Å². The van der Waals surface area contributed by atoms with Crippen molar-refractivity contribution in [3.05, 3.63) is 23.9 Å². The standard InChI is InChI=1S/C23H36N4O2/c1-4-6-9-17(3)16-26-22(29)27(20-12-7-10-18-14-23(18,20)26)21(28)24-15-19-11-8-13-25(19)5-2/h7,10,12,17-19H,4-6,8-9,11,13-16H2,1-3H3,(H,24,28)/t17?,18?,19-,23?/m0/s1. The molecule has 0 radical (unpaired) electrons. The maximum Gasteiger partial charge on any atom is 0.333 e. The van der Waals surface area contributed by atoms with Crippen molar-refractivity contribution in [3.63, 3.8) is 0 Å². The molecule has 3 unspecified atom stereocenters. The van der Waals surface area contributed by atoms with Gasteiger partial charge in [0.25, 0.3) is 0 Å². The Morgan fingerprint density at radius 2 is 2.21 bits per heavy atom. The Bertz CT molecular complexity index is 718. The Hall–Kier alpha value is -1.82. The van der Waals surface area contributed by atoms with Crippen molar-refractivity contribution in [2.45, 2.75) is 70.9 Å². The molecular formula is C23H36N4O2. The van der Waals surface area contributed by atoms with Crippen molar-refractivity contribution >= 4 is 12.1 Å². The lowest BCUT2D eigenvalue weighted by Gasteiger charge is -2.27. The molecule has 4 amide bonds. The van der Waals surface area contributed by atoms with Crippen LogP contribution in [-0.4, -0.2) is 64.5 Å². The fourth-order valence-electron chi connectivity index (χ4n) is 5.55. The molecular weight excluding hydrogens is 364 g/mol. The first kappa shape index (κ1) is 20.5. The molecule has 1 N–H and O–H groups in total. The summed E-state index contributed by atoms with van der Waals surface area (Å²) in [4.78, 5) is 32.3. The summed E-state index contributed by atoms with van der Waals surface area (Å²) in [5, 5.41) is 3.07. The number of nitrogens with zero attached hydrogens (tertiary/aromatic N) is 3. The highest BCUT2D eigenvalue weighted by atomic mass is 16.2. The van der Waals surface area contributed by atoms with Gasteiger partial charge in [-0.25, -0.2) is 14.5 Å². The van der Waals surface area contributed by atoms with E-state index in [1.807, 2.05) is 17.1 Å². The van der Waals surface area contributed by atoms with Gasteiger partial charge in [0.05, 0.1) is 11.2 Å². The third-order valence-electron chi connectivity index (χ3n) is 7.31. The maximum absolute atomic E-state index is 13.4. The van der Waals surface area contributed by atoms with Crippen molar-refractivity contribution in [2.24, 2.45) is 11.8 Å². The fraction of sp³-hybridized carbons (Fsp3) is 0.739. The van der Waals surface area contributed by atoms with Crippen molar-refractivity contribution < 1.29 is 9.59 Å². The molecule has 2 saturated heterocycles. The Balaban J connectivity index is 1.47. The Morgan fingerprint density at radius 3 is 2.97 bits per heavy atom. The van der Waals surface area contributed by atoms with Crippen LogP contribution in [0.1, 0.15) is 59.3 Å². The van der Waals surface area contributed by atoms with Crippen LogP contribution in [0.4, 0.5) is 9.59 Å². The monoisotopic (exact) mass is 400 g/mol. The second kappa shape index (κ2) is 8.13. The second-order valence-electron chi connectivity index (χ2n) is 9.26. The van der Waals surface area contributed by atoms with Gasteiger partial charge in [-0.2, -0.15) is 0 Å². The summed E-state index contributed by atoms with van der Waals surface area (Å²) in [6.07, 6.45) is 12.9. The average molecular weight is 401 g/mol. The number of likely N-dealkylation sites (tertiary alicyclic amines) is 1. The van der Waals surface area contributed by atoms with Gasteiger partial charge in [0.1, 0.15) is 0 Å². The number of urea groups is 2. The quantitative estimate of drug-likeness (QED) is 0.671. The van der Waals surface area contributed by atoms with E-state index in [1.54, 1.807) is 0 Å². The molecule has 0 aromatic rings. The zero-order valence-electron chi connectivity index (χ0n) is 18.2. The molecule has 2 heterocycles. The van der Waals surface area contributed by atoms with Crippen LogP contribution in [0.15, 0.2) is 23.9 Å². The van der Waals surface area contributed by atoms with Gasteiger partial charge in [0, 0.05) is 25.0 Å². The van der Waals surface area contributed by atoms with Gasteiger partial charge in [-0.3, -0.25) is 4.90 Å². The first-order chi connectivity index (χ1) is 14.0. The predicted molar refractivity (Wildman–Crippen MR) is 114 cm³/mol. The molecule has 2 aliphatic heterocycles. The molecule has 0 aromatic heterocycles. The minimum atomic E-state index is -0.271. The van der Waals surface area contributed by atoms with Crippen LogP contribution in [0, 0.1) is 11.8 Å². The van der Waals surface area contributed by atoms with Crippen molar-refractivity contribution in [2.75, 3.05) is 26.2 Å². The lowest BCUT2D eigenvalue weighted by molar-refractivity contribution is 0.170. The van der Waals surface area contributed by atoms with E-state index in [0.29, 0.717) is 24.4 Å². The molecule has 0 aromatic carbocycles. The highest BCUT2D eigenvalue weighted by molar-refractivity contribution is 6.00. The van der Waals surface area contributed by atoms with Crippen LogP contribution in [0.3, 0.4) is 0 Å². The summed E-state index contributed by atoms with van der Waals surface area (Å²) in [6, 6.07) is -0.00926. The number of rotatable bonds is 8. The van der Waals surface area contributed by atoms with Crippen molar-refractivity contribution in [3.8, 4) is 0 Å². The van der Waals surface area contributed by atoms with E-state index in [4.69, 9.17) is 0 Å². The normalized spacial score (nSPS) is 31.6. The number of likely N-dealkylation sites (N-methyl/N-ethyl adjacent to an activating group) is 1. The third-order valence-corrected chi connectivity index (χ3v) is 7.31. The predicted octanol–water partition coefficient (Wildman–Crippen LogP) is 3.96. The number of carbonyl (C=O) groups is 2. The molecule has 1 saturated carbocycles. The van der Waals surface area contributed by atoms with Crippen molar-refractivity contribution in [1.82, 2.24) is 20.0 Å². The number of unbranched alkanes of at least 4 members (excludes halogenated alkanes) is 1. The van der Waals surface area contributed by atoms with Crippen LogP contribution in [0.2, 0.25) is 0 Å². The number of hydrogen-bond donors (Lipinski definition) is 1. The fourth-order valence-corrected chi connectivity index (χ4v) is 5.55. The summed E-state index contributed by atoms with van der Waals surface area (Å²) in [6.45, 7) is 10.0. The van der Waals surface area contributed by atoms with Crippen LogP contribution in [-0.2, 0) is 0 Å². The average Bonchev–Trinajstić information content (AvgIpc) is 3.21. The van der Waals surface area contributed by atoms with Crippen LogP contribution in [0.25, 0.3) is 0 Å². The van der Waals surface area contributed by atoms with E-state index >= 15 is 0 Å². The third kappa shape index (κ3) is 3.49. The molecule has 6 nitrogen and oxygen atoms in total. The van der Waals surface area contributed by atoms with Gasteiger partial charge in [-0.15, -0.1) is 0 Å². The summed E-state index contributed by atoms with van der Waals surface area (Å²) in [7, 11) is 0. The number of hydrogen-bond acceptors (Lipinski definition) is 3. The number of allylic oxidation sites excluding steroid dienone is 2. The zero-order chi connectivity index (χ0) is 20.6. The lowest BCUT2D eigenvalue weighted by atomic mass is 10.00. The number of amides is 4. The Labute approximate surface area is 175 Å². The number of nitrogens with one attached hydrogen (secondary N) is 1. The highest BCUT2D eigenvalue weighted by Crippen LogP contribution is 2.60. The van der Waals surface area contributed by atoms with E-state index in [9.17, 15) is 9.59 Å². The summed E-state index contributed by atoms with van der Waals surface area (Å²) in [5.74, 6) is 0.800. The van der Waals surface area contributed by atoms with E-state index < -0.39 is 0 Å². The van der Waals surface area contributed by atoms with Crippen LogP contribution >= 0.6 is 0 Å². The van der Waals surface area contributed by atoms with Crippen LogP contribution in [0.5, 0.6) is 0 Å². The van der Waals surface area contributed by atoms with E-state index in [0.717, 1.165) is 44.6 Å².